The Kier molecular flexibility index (Phi) is 2.85. The van der Waals surface area contributed by atoms with Gasteiger partial charge < -0.3 is 4.57 Å². The van der Waals surface area contributed by atoms with E-state index < -0.39 is 11.7 Å². The number of alkyl halides is 3. The quantitative estimate of drug-likeness (QED) is 0.786. The Hall–Kier alpha value is -1.52. The van der Waals surface area contributed by atoms with Gasteiger partial charge in [-0.3, -0.25) is 0 Å². The van der Waals surface area contributed by atoms with Crippen molar-refractivity contribution >= 4 is 11.0 Å². The molecule has 0 aliphatic carbocycles. The fourth-order valence-electron chi connectivity index (χ4n) is 1.98. The van der Waals surface area contributed by atoms with Crippen molar-refractivity contribution in [2.45, 2.75) is 33.0 Å². The molecule has 0 saturated carbocycles. The second-order valence-electron chi connectivity index (χ2n) is 3.83. The summed E-state index contributed by atoms with van der Waals surface area (Å²) >= 11 is 0. The molecule has 0 bridgehead atoms. The number of fused-ring (bicyclic) bond motifs is 1. The van der Waals surface area contributed by atoms with Crippen molar-refractivity contribution in [3.8, 4) is 0 Å². The molecule has 0 aliphatic rings. The molecule has 2 aromatic rings. The number of rotatable bonds is 2. The Balaban J connectivity index is 2.64. The van der Waals surface area contributed by atoms with E-state index in [4.69, 9.17) is 0 Å². The van der Waals surface area contributed by atoms with E-state index >= 15 is 0 Å². The van der Waals surface area contributed by atoms with Crippen LogP contribution in [-0.2, 0) is 19.1 Å². The van der Waals surface area contributed by atoms with Gasteiger partial charge in [0.15, 0.2) is 0 Å². The largest absolute Gasteiger partial charge is 0.416 e. The zero-order chi connectivity index (χ0) is 12.6. The lowest BCUT2D eigenvalue weighted by molar-refractivity contribution is -0.137. The number of imidazole rings is 1. The third kappa shape index (κ3) is 2.01. The molecule has 1 heterocycles. The van der Waals surface area contributed by atoms with Crippen LogP contribution in [-0.4, -0.2) is 9.55 Å². The molecule has 17 heavy (non-hydrogen) atoms. The van der Waals surface area contributed by atoms with Gasteiger partial charge in [-0.1, -0.05) is 6.92 Å². The molecular formula is C12H13F3N2. The summed E-state index contributed by atoms with van der Waals surface area (Å²) < 4.78 is 39.6. The summed E-state index contributed by atoms with van der Waals surface area (Å²) in [4.78, 5) is 4.24. The van der Waals surface area contributed by atoms with Crippen LogP contribution in [0.2, 0.25) is 0 Å². The Morgan fingerprint density at radius 2 is 1.94 bits per heavy atom. The number of nitrogens with zero attached hydrogens (tertiary/aromatic N) is 2. The molecule has 0 unspecified atom stereocenters. The van der Waals surface area contributed by atoms with Crippen LogP contribution in [0.25, 0.3) is 11.0 Å². The molecule has 0 saturated heterocycles. The van der Waals surface area contributed by atoms with Gasteiger partial charge in [-0.05, 0) is 25.1 Å². The first-order chi connectivity index (χ1) is 7.97. The normalized spacial score (nSPS) is 12.3. The summed E-state index contributed by atoms with van der Waals surface area (Å²) in [7, 11) is 0. The maximum atomic E-state index is 12.6. The molecule has 0 radical (unpaired) electrons. The monoisotopic (exact) mass is 242 g/mol. The van der Waals surface area contributed by atoms with Crippen LogP contribution in [0.4, 0.5) is 13.2 Å². The van der Waals surface area contributed by atoms with Gasteiger partial charge in [-0.2, -0.15) is 13.2 Å². The third-order valence-electron chi connectivity index (χ3n) is 2.79. The molecule has 0 aliphatic heterocycles. The van der Waals surface area contributed by atoms with E-state index in [1.807, 2.05) is 18.4 Å². The molecule has 0 spiro atoms. The first kappa shape index (κ1) is 12.0. The fraction of sp³-hybridized carbons (Fsp3) is 0.417. The third-order valence-corrected chi connectivity index (χ3v) is 2.79. The Labute approximate surface area is 97.1 Å². The van der Waals surface area contributed by atoms with Crippen LogP contribution >= 0.6 is 0 Å². The highest BCUT2D eigenvalue weighted by Gasteiger charge is 2.30. The van der Waals surface area contributed by atoms with Gasteiger partial charge in [-0.25, -0.2) is 4.98 Å². The van der Waals surface area contributed by atoms with Gasteiger partial charge in [0.2, 0.25) is 0 Å². The van der Waals surface area contributed by atoms with Crippen molar-refractivity contribution in [2.24, 2.45) is 0 Å². The average molecular weight is 242 g/mol. The van der Waals surface area contributed by atoms with Crippen LogP contribution in [0.1, 0.15) is 25.2 Å². The number of aryl methyl sites for hydroxylation is 2. The van der Waals surface area contributed by atoms with Gasteiger partial charge in [-0.15, -0.1) is 0 Å². The summed E-state index contributed by atoms with van der Waals surface area (Å²) in [5, 5.41) is 0. The number of halogens is 3. The Morgan fingerprint density at radius 3 is 2.47 bits per heavy atom. The molecule has 92 valence electrons. The van der Waals surface area contributed by atoms with E-state index in [1.165, 1.54) is 6.07 Å². The van der Waals surface area contributed by atoms with E-state index in [0.29, 0.717) is 18.5 Å². The lowest BCUT2D eigenvalue weighted by atomic mass is 10.2. The average Bonchev–Trinajstić information content (AvgIpc) is 2.64. The molecule has 2 rings (SSSR count). The predicted octanol–water partition coefficient (Wildman–Crippen LogP) is 3.64. The van der Waals surface area contributed by atoms with Gasteiger partial charge in [0.05, 0.1) is 16.6 Å². The Bertz CT molecular complexity index is 540. The zero-order valence-electron chi connectivity index (χ0n) is 9.67. The van der Waals surface area contributed by atoms with E-state index in [-0.39, 0.29) is 0 Å². The first-order valence-corrected chi connectivity index (χ1v) is 5.53. The summed E-state index contributed by atoms with van der Waals surface area (Å²) in [6.45, 7) is 4.61. The minimum Gasteiger partial charge on any atom is -0.328 e. The van der Waals surface area contributed by atoms with Gasteiger partial charge in [0, 0.05) is 13.0 Å². The minimum absolute atomic E-state index is 0.415. The zero-order valence-corrected chi connectivity index (χ0v) is 9.67. The summed E-state index contributed by atoms with van der Waals surface area (Å²) in [5.41, 5.74) is 0.532. The second kappa shape index (κ2) is 4.05. The van der Waals surface area contributed by atoms with Crippen molar-refractivity contribution in [3.05, 3.63) is 29.6 Å². The molecule has 1 aromatic carbocycles. The van der Waals surface area contributed by atoms with Crippen LogP contribution in [0, 0.1) is 0 Å². The maximum absolute atomic E-state index is 12.6. The van der Waals surface area contributed by atoms with E-state index in [9.17, 15) is 13.2 Å². The minimum atomic E-state index is -4.31. The van der Waals surface area contributed by atoms with Gasteiger partial charge in [0.25, 0.3) is 0 Å². The maximum Gasteiger partial charge on any atom is 0.416 e. The lowest BCUT2D eigenvalue weighted by Gasteiger charge is -2.06. The molecule has 2 nitrogen and oxygen atoms in total. The van der Waals surface area contributed by atoms with Crippen molar-refractivity contribution in [1.29, 1.82) is 0 Å². The van der Waals surface area contributed by atoms with Crippen LogP contribution < -0.4 is 0 Å². The summed E-state index contributed by atoms with van der Waals surface area (Å²) in [6, 6.07) is 3.71. The summed E-state index contributed by atoms with van der Waals surface area (Å²) in [6.07, 6.45) is -3.60. The number of aromatic nitrogens is 2. The first-order valence-electron chi connectivity index (χ1n) is 5.53. The smallest absolute Gasteiger partial charge is 0.328 e. The molecule has 0 amide bonds. The Morgan fingerprint density at radius 1 is 1.24 bits per heavy atom. The van der Waals surface area contributed by atoms with Crippen LogP contribution in [0.3, 0.4) is 0 Å². The predicted molar refractivity (Wildman–Crippen MR) is 59.8 cm³/mol. The molecule has 0 atom stereocenters. The number of benzene rings is 1. The summed E-state index contributed by atoms with van der Waals surface area (Å²) in [5.74, 6) is 0.821. The number of hydrogen-bond donors (Lipinski definition) is 0. The fourth-order valence-corrected chi connectivity index (χ4v) is 1.98. The number of hydrogen-bond acceptors (Lipinski definition) is 1. The highest BCUT2D eigenvalue weighted by atomic mass is 19.4. The SMILES string of the molecule is CCc1nc2cc(C(F)(F)F)ccc2n1CC. The second-order valence-corrected chi connectivity index (χ2v) is 3.83. The standard InChI is InChI=1S/C12H13F3N2/c1-3-11-16-9-7-8(12(13,14)15)5-6-10(9)17(11)4-2/h5-7H,3-4H2,1-2H3. The van der Waals surface area contributed by atoms with Gasteiger partial charge >= 0.3 is 6.18 Å². The molecule has 0 N–H and O–H groups in total. The van der Waals surface area contributed by atoms with Crippen LogP contribution in [0.5, 0.6) is 0 Å². The molecule has 5 heteroatoms. The molecular weight excluding hydrogens is 229 g/mol. The van der Waals surface area contributed by atoms with E-state index in [0.717, 1.165) is 23.5 Å². The van der Waals surface area contributed by atoms with Gasteiger partial charge in [0.1, 0.15) is 5.82 Å². The lowest BCUT2D eigenvalue weighted by Crippen LogP contribution is -2.04. The van der Waals surface area contributed by atoms with Crippen molar-refractivity contribution in [3.63, 3.8) is 0 Å². The highest BCUT2D eigenvalue weighted by Crippen LogP contribution is 2.31. The highest BCUT2D eigenvalue weighted by molar-refractivity contribution is 5.77. The van der Waals surface area contributed by atoms with Crippen molar-refractivity contribution in [1.82, 2.24) is 9.55 Å². The van der Waals surface area contributed by atoms with E-state index in [2.05, 4.69) is 4.98 Å². The van der Waals surface area contributed by atoms with Crippen LogP contribution in [0.15, 0.2) is 18.2 Å². The molecule has 0 fully saturated rings. The molecule has 1 aromatic heterocycles. The van der Waals surface area contributed by atoms with Crippen molar-refractivity contribution < 1.29 is 13.2 Å². The van der Waals surface area contributed by atoms with E-state index in [1.54, 1.807) is 0 Å². The topological polar surface area (TPSA) is 17.8 Å². The van der Waals surface area contributed by atoms with Crippen molar-refractivity contribution in [2.75, 3.05) is 0 Å².